The third-order valence-corrected chi connectivity index (χ3v) is 3.85. The van der Waals surface area contributed by atoms with Gasteiger partial charge in [0.2, 0.25) is 0 Å². The van der Waals surface area contributed by atoms with Crippen molar-refractivity contribution in [3.63, 3.8) is 0 Å². The van der Waals surface area contributed by atoms with Crippen molar-refractivity contribution < 1.29 is 0 Å². The highest BCUT2D eigenvalue weighted by molar-refractivity contribution is 4.76. The summed E-state index contributed by atoms with van der Waals surface area (Å²) in [4.78, 5) is 0. The van der Waals surface area contributed by atoms with E-state index < -0.39 is 0 Å². The highest BCUT2D eigenvalue weighted by atomic mass is 14.1. The Bertz CT molecular complexity index is 169. The van der Waals surface area contributed by atoms with Gasteiger partial charge in [-0.2, -0.15) is 0 Å². The highest BCUT2D eigenvalue weighted by Gasteiger charge is 2.01. The van der Waals surface area contributed by atoms with E-state index in [4.69, 9.17) is 0 Å². The largest absolute Gasteiger partial charge is 0.0917 e. The van der Waals surface area contributed by atoms with E-state index in [1.807, 2.05) is 0 Å². The van der Waals surface area contributed by atoms with Crippen LogP contribution in [0.15, 0.2) is 12.2 Å². The number of hydrogen-bond acceptors (Lipinski definition) is 0. The van der Waals surface area contributed by atoms with Crippen LogP contribution in [0.1, 0.15) is 97.8 Å². The van der Waals surface area contributed by atoms with Gasteiger partial charge in [0.1, 0.15) is 0 Å². The van der Waals surface area contributed by atoms with Crippen LogP contribution in [0.3, 0.4) is 0 Å². The Hall–Kier alpha value is -0.260. The molecule has 0 aromatic heterocycles. The van der Waals surface area contributed by atoms with E-state index in [1.54, 1.807) is 0 Å². The van der Waals surface area contributed by atoms with Gasteiger partial charge in [0.25, 0.3) is 0 Å². The topological polar surface area (TPSA) is 0 Å². The Kier molecular flexibility index (Phi) is 14.6. The number of allylic oxidation sites excluding steroid dienone is 2. The molecule has 0 aromatic rings. The quantitative estimate of drug-likeness (QED) is 0.247. The van der Waals surface area contributed by atoms with Gasteiger partial charge in [-0.1, -0.05) is 90.2 Å². The molecule has 0 saturated carbocycles. The molecule has 18 heavy (non-hydrogen) atoms. The Morgan fingerprint density at radius 2 is 1.33 bits per heavy atom. The predicted molar refractivity (Wildman–Crippen MR) is 85.1 cm³/mol. The van der Waals surface area contributed by atoms with Crippen LogP contribution in [0.2, 0.25) is 0 Å². The molecule has 0 spiro atoms. The molecule has 0 fully saturated rings. The van der Waals surface area contributed by atoms with Gasteiger partial charge in [-0.25, -0.2) is 0 Å². The molecule has 0 nitrogen and oxygen atoms in total. The lowest BCUT2D eigenvalue weighted by Gasteiger charge is -2.10. The molecular formula is C18H36. The van der Waals surface area contributed by atoms with E-state index >= 15 is 0 Å². The van der Waals surface area contributed by atoms with E-state index in [-0.39, 0.29) is 0 Å². The maximum atomic E-state index is 2.44. The zero-order chi connectivity index (χ0) is 13.5. The first kappa shape index (κ1) is 17.7. The van der Waals surface area contributed by atoms with Crippen LogP contribution >= 0.6 is 0 Å². The fourth-order valence-electron chi connectivity index (χ4n) is 2.52. The molecular weight excluding hydrogens is 216 g/mol. The summed E-state index contributed by atoms with van der Waals surface area (Å²) in [6.07, 6.45) is 21.5. The summed E-state index contributed by atoms with van der Waals surface area (Å²) in [5, 5.41) is 0. The van der Waals surface area contributed by atoms with Gasteiger partial charge in [0.05, 0.1) is 0 Å². The first-order valence-electron chi connectivity index (χ1n) is 8.42. The van der Waals surface area contributed by atoms with Crippen LogP contribution in [0.4, 0.5) is 0 Å². The van der Waals surface area contributed by atoms with E-state index in [0.717, 1.165) is 5.92 Å². The zero-order valence-electron chi connectivity index (χ0n) is 13.2. The van der Waals surface area contributed by atoms with E-state index in [0.29, 0.717) is 0 Å². The zero-order valence-corrected chi connectivity index (χ0v) is 13.2. The van der Waals surface area contributed by atoms with Gasteiger partial charge >= 0.3 is 0 Å². The summed E-state index contributed by atoms with van der Waals surface area (Å²) in [6.45, 7) is 6.85. The second kappa shape index (κ2) is 14.8. The lowest BCUT2D eigenvalue weighted by Crippen LogP contribution is -1.95. The summed E-state index contributed by atoms with van der Waals surface area (Å²) < 4.78 is 0. The molecule has 0 amide bonds. The van der Waals surface area contributed by atoms with Gasteiger partial charge in [0, 0.05) is 0 Å². The van der Waals surface area contributed by atoms with Crippen molar-refractivity contribution in [2.75, 3.05) is 0 Å². The van der Waals surface area contributed by atoms with Crippen LogP contribution in [-0.4, -0.2) is 0 Å². The minimum Gasteiger partial charge on any atom is -0.0917 e. The van der Waals surface area contributed by atoms with Crippen LogP contribution in [0, 0.1) is 5.92 Å². The lowest BCUT2D eigenvalue weighted by atomic mass is 9.96. The highest BCUT2D eigenvalue weighted by Crippen LogP contribution is 2.17. The Morgan fingerprint density at radius 1 is 0.778 bits per heavy atom. The van der Waals surface area contributed by atoms with Gasteiger partial charge < -0.3 is 0 Å². The predicted octanol–water partition coefficient (Wildman–Crippen LogP) is 6.90. The summed E-state index contributed by atoms with van der Waals surface area (Å²) in [5.74, 6) is 0.963. The SMILES string of the molecule is CC=CCCCCCCCC(C)CCCCCC. The first-order valence-corrected chi connectivity index (χ1v) is 8.42. The van der Waals surface area contributed by atoms with Gasteiger partial charge in [-0.3, -0.25) is 0 Å². The molecule has 0 rings (SSSR count). The maximum Gasteiger partial charge on any atom is -0.0351 e. The van der Waals surface area contributed by atoms with Crippen molar-refractivity contribution >= 4 is 0 Å². The lowest BCUT2D eigenvalue weighted by molar-refractivity contribution is 0.434. The van der Waals surface area contributed by atoms with Crippen molar-refractivity contribution in [2.45, 2.75) is 97.8 Å². The molecule has 0 bridgehead atoms. The van der Waals surface area contributed by atoms with Crippen molar-refractivity contribution in [1.82, 2.24) is 0 Å². The van der Waals surface area contributed by atoms with Crippen LogP contribution in [0.5, 0.6) is 0 Å². The molecule has 0 saturated heterocycles. The Labute approximate surface area is 116 Å². The fourth-order valence-corrected chi connectivity index (χ4v) is 2.52. The molecule has 0 heteroatoms. The molecule has 0 aliphatic carbocycles. The van der Waals surface area contributed by atoms with E-state index in [2.05, 4.69) is 32.9 Å². The van der Waals surface area contributed by atoms with Crippen molar-refractivity contribution in [2.24, 2.45) is 5.92 Å². The molecule has 1 atom stereocenters. The Morgan fingerprint density at radius 3 is 1.94 bits per heavy atom. The molecule has 0 aromatic carbocycles. The second-order valence-electron chi connectivity index (χ2n) is 5.87. The average Bonchev–Trinajstić information content (AvgIpc) is 2.38. The van der Waals surface area contributed by atoms with Crippen LogP contribution < -0.4 is 0 Å². The van der Waals surface area contributed by atoms with Gasteiger partial charge in [-0.15, -0.1) is 0 Å². The maximum absolute atomic E-state index is 2.44. The molecule has 0 aliphatic heterocycles. The van der Waals surface area contributed by atoms with Crippen LogP contribution in [0.25, 0.3) is 0 Å². The molecule has 0 heterocycles. The van der Waals surface area contributed by atoms with Gasteiger partial charge in [-0.05, 0) is 25.7 Å². The Balaban J connectivity index is 3.12. The number of unbranched alkanes of at least 4 members (excludes halogenated alkanes) is 8. The minimum atomic E-state index is 0.963. The van der Waals surface area contributed by atoms with Gasteiger partial charge in [0.15, 0.2) is 0 Å². The first-order chi connectivity index (χ1) is 8.81. The van der Waals surface area contributed by atoms with Crippen molar-refractivity contribution in [3.8, 4) is 0 Å². The summed E-state index contributed by atoms with van der Waals surface area (Å²) in [7, 11) is 0. The molecule has 0 radical (unpaired) electrons. The average molecular weight is 252 g/mol. The third-order valence-electron chi connectivity index (χ3n) is 3.85. The van der Waals surface area contributed by atoms with Crippen LogP contribution in [-0.2, 0) is 0 Å². The number of hydrogen-bond donors (Lipinski definition) is 0. The minimum absolute atomic E-state index is 0.963. The summed E-state index contributed by atoms with van der Waals surface area (Å²) in [5.41, 5.74) is 0. The molecule has 0 N–H and O–H groups in total. The summed E-state index contributed by atoms with van der Waals surface area (Å²) in [6, 6.07) is 0. The normalized spacial score (nSPS) is 13.3. The number of rotatable bonds is 13. The van der Waals surface area contributed by atoms with Crippen molar-refractivity contribution in [3.05, 3.63) is 12.2 Å². The smallest absolute Gasteiger partial charge is 0.0351 e. The van der Waals surface area contributed by atoms with E-state index in [1.165, 1.54) is 77.0 Å². The fraction of sp³-hybridized carbons (Fsp3) is 0.889. The monoisotopic (exact) mass is 252 g/mol. The molecule has 108 valence electrons. The second-order valence-corrected chi connectivity index (χ2v) is 5.87. The van der Waals surface area contributed by atoms with E-state index in [9.17, 15) is 0 Å². The third kappa shape index (κ3) is 13.8. The standard InChI is InChI=1S/C18H36/c1-4-6-8-10-11-12-13-15-17-18(3)16-14-9-7-5-2/h4,6,18H,5,7-17H2,1-3H3. The summed E-state index contributed by atoms with van der Waals surface area (Å²) >= 11 is 0. The molecule has 0 aliphatic rings. The van der Waals surface area contributed by atoms with Crippen molar-refractivity contribution in [1.29, 1.82) is 0 Å². The molecule has 1 unspecified atom stereocenters.